The molecule has 1 aliphatic carbocycles. The van der Waals surface area contributed by atoms with Gasteiger partial charge in [0.05, 0.1) is 12.1 Å². The van der Waals surface area contributed by atoms with Gasteiger partial charge in [0.1, 0.15) is 5.92 Å². The summed E-state index contributed by atoms with van der Waals surface area (Å²) in [5.41, 5.74) is 3.66. The second kappa shape index (κ2) is 4.63. The van der Waals surface area contributed by atoms with Gasteiger partial charge in [0, 0.05) is 0 Å². The third-order valence-electron chi connectivity index (χ3n) is 3.76. The summed E-state index contributed by atoms with van der Waals surface area (Å²) in [4.78, 5) is 11.8. The molecule has 1 aliphatic heterocycles. The first kappa shape index (κ1) is 12.1. The zero-order valence-electron chi connectivity index (χ0n) is 10.3. The molecular formula is C14H13N3OS. The molecule has 0 bridgehead atoms. The van der Waals surface area contributed by atoms with Crippen LogP contribution in [0, 0.1) is 17.2 Å². The predicted octanol–water partition coefficient (Wildman–Crippen LogP) is 1.36. The molecule has 3 rings (SSSR count). The molecule has 1 aromatic carbocycles. The van der Waals surface area contributed by atoms with E-state index in [2.05, 4.69) is 28.8 Å². The Morgan fingerprint density at radius 2 is 2.11 bits per heavy atom. The van der Waals surface area contributed by atoms with E-state index >= 15 is 0 Å². The Kier molecular flexibility index (Phi) is 2.96. The van der Waals surface area contributed by atoms with E-state index in [-0.39, 0.29) is 11.9 Å². The average molecular weight is 271 g/mol. The van der Waals surface area contributed by atoms with E-state index in [1.807, 2.05) is 6.07 Å². The van der Waals surface area contributed by atoms with Gasteiger partial charge in [-0.1, -0.05) is 18.2 Å². The van der Waals surface area contributed by atoms with Crippen molar-refractivity contribution >= 4 is 23.2 Å². The lowest BCUT2D eigenvalue weighted by molar-refractivity contribution is -0.123. The van der Waals surface area contributed by atoms with Crippen LogP contribution in [0.25, 0.3) is 0 Å². The van der Waals surface area contributed by atoms with E-state index in [1.165, 1.54) is 17.5 Å². The highest BCUT2D eigenvalue weighted by molar-refractivity contribution is 7.80. The van der Waals surface area contributed by atoms with Gasteiger partial charge in [-0.3, -0.25) is 4.79 Å². The van der Waals surface area contributed by atoms with Crippen LogP contribution in [0.4, 0.5) is 0 Å². The number of rotatable bonds is 1. The van der Waals surface area contributed by atoms with Gasteiger partial charge in [-0.05, 0) is 48.2 Å². The van der Waals surface area contributed by atoms with Gasteiger partial charge < -0.3 is 10.6 Å². The maximum atomic E-state index is 11.8. The molecule has 0 radical (unpaired) electrons. The largest absolute Gasteiger partial charge is 0.354 e. The van der Waals surface area contributed by atoms with E-state index in [0.717, 1.165) is 18.4 Å². The highest BCUT2D eigenvalue weighted by atomic mass is 32.1. The number of nitriles is 1. The average Bonchev–Trinajstić information content (AvgIpc) is 2.85. The maximum absolute atomic E-state index is 11.8. The second-order valence-corrected chi connectivity index (χ2v) is 5.34. The van der Waals surface area contributed by atoms with Gasteiger partial charge in [-0.15, -0.1) is 0 Å². The Hall–Kier alpha value is -1.93. The number of benzene rings is 1. The third-order valence-corrected chi connectivity index (χ3v) is 3.98. The van der Waals surface area contributed by atoms with Crippen LogP contribution < -0.4 is 10.6 Å². The van der Waals surface area contributed by atoms with Gasteiger partial charge >= 0.3 is 0 Å². The first-order chi connectivity index (χ1) is 9.19. The molecule has 0 aromatic heterocycles. The molecule has 2 atom stereocenters. The monoisotopic (exact) mass is 271 g/mol. The molecule has 0 spiro atoms. The summed E-state index contributed by atoms with van der Waals surface area (Å²) in [6.45, 7) is 0. The van der Waals surface area contributed by atoms with Crippen LogP contribution in [0.1, 0.15) is 29.2 Å². The van der Waals surface area contributed by atoms with Crippen LogP contribution in [0.15, 0.2) is 18.2 Å². The van der Waals surface area contributed by atoms with Gasteiger partial charge in [0.15, 0.2) is 5.11 Å². The van der Waals surface area contributed by atoms with Crippen LogP contribution in [-0.4, -0.2) is 11.0 Å². The second-order valence-electron chi connectivity index (χ2n) is 4.93. The molecule has 0 unspecified atom stereocenters. The Morgan fingerprint density at radius 3 is 2.89 bits per heavy atom. The van der Waals surface area contributed by atoms with Crippen molar-refractivity contribution in [3.8, 4) is 6.07 Å². The summed E-state index contributed by atoms with van der Waals surface area (Å²) in [6.07, 6.45) is 3.37. The Bertz CT molecular complexity index is 605. The minimum atomic E-state index is -0.744. The Morgan fingerprint density at radius 1 is 1.32 bits per heavy atom. The van der Waals surface area contributed by atoms with Crippen LogP contribution in [0.3, 0.4) is 0 Å². The minimum absolute atomic E-state index is 0.294. The lowest BCUT2D eigenvalue weighted by Gasteiger charge is -2.29. The first-order valence-corrected chi connectivity index (χ1v) is 6.72. The molecule has 1 heterocycles. The fraction of sp³-hybridized carbons (Fsp3) is 0.357. The predicted molar refractivity (Wildman–Crippen MR) is 74.2 cm³/mol. The summed E-state index contributed by atoms with van der Waals surface area (Å²) in [5.74, 6) is -1.07. The van der Waals surface area contributed by atoms with Gasteiger partial charge in [-0.2, -0.15) is 5.26 Å². The number of aryl methyl sites for hydroxylation is 2. The number of thiocarbonyl (C=S) groups is 1. The summed E-state index contributed by atoms with van der Waals surface area (Å²) in [5, 5.41) is 15.0. The normalized spacial score (nSPS) is 25.2. The van der Waals surface area contributed by atoms with Crippen molar-refractivity contribution in [3.05, 3.63) is 34.9 Å². The smallest absolute Gasteiger partial charge is 0.245 e. The number of carbonyl (C=O) groups excluding carboxylic acids is 1. The lowest BCUT2D eigenvalue weighted by atomic mass is 9.90. The van der Waals surface area contributed by atoms with Crippen LogP contribution >= 0.6 is 12.2 Å². The number of carbonyl (C=O) groups is 1. The standard InChI is InChI=1S/C14H13N3OS/c15-7-11-12(16-14(19)17-13(11)18)10-5-4-8-2-1-3-9(8)6-10/h4-6,11-12H,1-3H2,(H2,16,17,18,19)/t11-,12-/m1/s1. The number of nitrogens with zero attached hydrogens (tertiary/aromatic N) is 1. The summed E-state index contributed by atoms with van der Waals surface area (Å²) < 4.78 is 0. The molecule has 19 heavy (non-hydrogen) atoms. The topological polar surface area (TPSA) is 64.9 Å². The molecule has 1 aromatic rings. The first-order valence-electron chi connectivity index (χ1n) is 6.32. The van der Waals surface area contributed by atoms with Crippen molar-refractivity contribution in [2.45, 2.75) is 25.3 Å². The summed E-state index contributed by atoms with van der Waals surface area (Å²) in [7, 11) is 0. The van der Waals surface area contributed by atoms with E-state index in [0.29, 0.717) is 5.11 Å². The van der Waals surface area contributed by atoms with Crippen molar-refractivity contribution in [3.63, 3.8) is 0 Å². The van der Waals surface area contributed by atoms with E-state index in [1.54, 1.807) is 0 Å². The molecule has 4 nitrogen and oxygen atoms in total. The number of amides is 1. The zero-order chi connectivity index (χ0) is 13.4. The fourth-order valence-electron chi connectivity index (χ4n) is 2.80. The van der Waals surface area contributed by atoms with E-state index in [4.69, 9.17) is 12.2 Å². The molecule has 96 valence electrons. The molecule has 5 heteroatoms. The fourth-order valence-corrected chi connectivity index (χ4v) is 3.02. The molecule has 1 saturated heterocycles. The van der Waals surface area contributed by atoms with Gasteiger partial charge in [-0.25, -0.2) is 0 Å². The summed E-state index contributed by atoms with van der Waals surface area (Å²) >= 11 is 5.01. The maximum Gasteiger partial charge on any atom is 0.245 e. The SMILES string of the molecule is N#C[C@H]1C(=O)NC(=S)N[C@@H]1c1ccc2c(c1)CCC2. The summed E-state index contributed by atoms with van der Waals surface area (Å²) in [6, 6.07) is 7.90. The number of hydrogen-bond acceptors (Lipinski definition) is 3. The van der Waals surface area contributed by atoms with Crippen LogP contribution in [0.5, 0.6) is 0 Å². The quantitative estimate of drug-likeness (QED) is 0.757. The Labute approximate surface area is 116 Å². The highest BCUT2D eigenvalue weighted by Crippen LogP contribution is 2.29. The third kappa shape index (κ3) is 2.08. The Balaban J connectivity index is 1.97. The van der Waals surface area contributed by atoms with Crippen molar-refractivity contribution in [2.24, 2.45) is 5.92 Å². The number of fused-ring (bicyclic) bond motifs is 1. The van der Waals surface area contributed by atoms with E-state index in [9.17, 15) is 10.1 Å². The lowest BCUT2D eigenvalue weighted by Crippen LogP contribution is -2.53. The minimum Gasteiger partial charge on any atom is -0.354 e. The number of hydrogen-bond donors (Lipinski definition) is 2. The molecule has 1 amide bonds. The van der Waals surface area contributed by atoms with Gasteiger partial charge in [0.2, 0.25) is 5.91 Å². The van der Waals surface area contributed by atoms with Crippen LogP contribution in [0.2, 0.25) is 0 Å². The molecule has 0 saturated carbocycles. The molecule has 1 fully saturated rings. The van der Waals surface area contributed by atoms with Gasteiger partial charge in [0.25, 0.3) is 0 Å². The van der Waals surface area contributed by atoms with Crippen molar-refractivity contribution < 1.29 is 4.79 Å². The number of nitrogens with one attached hydrogen (secondary N) is 2. The molecule has 2 N–H and O–H groups in total. The van der Waals surface area contributed by atoms with Crippen molar-refractivity contribution in [1.29, 1.82) is 5.26 Å². The highest BCUT2D eigenvalue weighted by Gasteiger charge is 2.35. The molecular weight excluding hydrogens is 258 g/mol. The van der Waals surface area contributed by atoms with Crippen molar-refractivity contribution in [1.82, 2.24) is 10.6 Å². The van der Waals surface area contributed by atoms with Crippen LogP contribution in [-0.2, 0) is 17.6 Å². The zero-order valence-corrected chi connectivity index (χ0v) is 11.1. The molecule has 2 aliphatic rings. The van der Waals surface area contributed by atoms with Crippen molar-refractivity contribution in [2.75, 3.05) is 0 Å². The van der Waals surface area contributed by atoms with E-state index < -0.39 is 5.92 Å².